The molecule has 0 aromatic heterocycles. The summed E-state index contributed by atoms with van der Waals surface area (Å²) in [7, 11) is 0. The summed E-state index contributed by atoms with van der Waals surface area (Å²) in [4.78, 5) is 0. The predicted molar refractivity (Wildman–Crippen MR) is 159 cm³/mol. The highest BCUT2D eigenvalue weighted by atomic mass is 14.3. The van der Waals surface area contributed by atoms with Crippen molar-refractivity contribution in [2.75, 3.05) is 0 Å². The van der Waals surface area contributed by atoms with E-state index in [1.807, 2.05) is 0 Å². The SMILES string of the molecule is CCC(C(=C(c1ccccc1)C(Cc1ccccc1)c1ccccc1)c1ccccc1)c1ccccc1. The Hall–Kier alpha value is -4.16. The molecule has 37 heavy (non-hydrogen) atoms. The molecule has 0 spiro atoms. The Morgan fingerprint density at radius 1 is 0.432 bits per heavy atom. The molecule has 0 nitrogen and oxygen atoms in total. The molecule has 0 saturated heterocycles. The first-order valence-electron chi connectivity index (χ1n) is 13.3. The van der Waals surface area contributed by atoms with Crippen LogP contribution >= 0.6 is 0 Å². The third-order valence-electron chi connectivity index (χ3n) is 7.25. The summed E-state index contributed by atoms with van der Waals surface area (Å²) >= 11 is 0. The minimum atomic E-state index is 0.207. The molecular weight excluding hydrogens is 444 g/mol. The Morgan fingerprint density at radius 3 is 1.22 bits per heavy atom. The van der Waals surface area contributed by atoms with Gasteiger partial charge in [-0.2, -0.15) is 0 Å². The molecule has 5 aromatic rings. The van der Waals surface area contributed by atoms with Crippen LogP contribution < -0.4 is 0 Å². The summed E-state index contributed by atoms with van der Waals surface area (Å²) in [6.45, 7) is 2.32. The number of benzene rings is 5. The van der Waals surface area contributed by atoms with E-state index >= 15 is 0 Å². The van der Waals surface area contributed by atoms with Gasteiger partial charge < -0.3 is 0 Å². The molecule has 0 radical (unpaired) electrons. The van der Waals surface area contributed by atoms with E-state index in [2.05, 4.69) is 159 Å². The molecule has 0 heterocycles. The minimum absolute atomic E-state index is 0.207. The Balaban J connectivity index is 1.84. The first-order valence-corrected chi connectivity index (χ1v) is 13.3. The zero-order valence-electron chi connectivity index (χ0n) is 21.5. The van der Waals surface area contributed by atoms with Crippen molar-refractivity contribution in [3.05, 3.63) is 179 Å². The summed E-state index contributed by atoms with van der Waals surface area (Å²) in [5.74, 6) is 0.486. The van der Waals surface area contributed by atoms with Gasteiger partial charge in [-0.25, -0.2) is 0 Å². The van der Waals surface area contributed by atoms with Gasteiger partial charge in [-0.3, -0.25) is 0 Å². The van der Waals surface area contributed by atoms with E-state index in [1.54, 1.807) is 0 Å². The van der Waals surface area contributed by atoms with E-state index in [4.69, 9.17) is 0 Å². The quantitative estimate of drug-likeness (QED) is 0.185. The molecule has 0 N–H and O–H groups in total. The monoisotopic (exact) mass is 478 g/mol. The highest BCUT2D eigenvalue weighted by molar-refractivity contribution is 5.96. The fourth-order valence-corrected chi connectivity index (χ4v) is 5.54. The van der Waals surface area contributed by atoms with E-state index in [9.17, 15) is 0 Å². The Bertz CT molecular complexity index is 1390. The molecular formula is C37H34. The van der Waals surface area contributed by atoms with Crippen LogP contribution in [0.25, 0.3) is 11.1 Å². The Kier molecular flexibility index (Phi) is 8.08. The number of hydrogen-bond donors (Lipinski definition) is 0. The molecule has 0 amide bonds. The Labute approximate surface area is 222 Å². The molecule has 0 bridgehead atoms. The first-order chi connectivity index (χ1) is 18.3. The lowest BCUT2D eigenvalue weighted by Crippen LogP contribution is -2.12. The van der Waals surface area contributed by atoms with Crippen LogP contribution in [0, 0.1) is 0 Å². The second kappa shape index (κ2) is 12.2. The van der Waals surface area contributed by atoms with Crippen LogP contribution in [-0.4, -0.2) is 0 Å². The normalized spacial score (nSPS) is 13.4. The second-order valence-corrected chi connectivity index (χ2v) is 9.58. The fourth-order valence-electron chi connectivity index (χ4n) is 5.54. The van der Waals surface area contributed by atoms with Crippen molar-refractivity contribution in [3.63, 3.8) is 0 Å². The smallest absolute Gasteiger partial charge is 0.0139 e. The van der Waals surface area contributed by atoms with Crippen LogP contribution in [0.15, 0.2) is 152 Å². The molecule has 5 aromatic carbocycles. The maximum absolute atomic E-state index is 2.32. The second-order valence-electron chi connectivity index (χ2n) is 9.58. The largest absolute Gasteiger partial charge is 0.0645 e. The van der Waals surface area contributed by atoms with Gasteiger partial charge in [0, 0.05) is 11.8 Å². The van der Waals surface area contributed by atoms with Crippen molar-refractivity contribution in [3.8, 4) is 0 Å². The molecule has 5 rings (SSSR count). The maximum atomic E-state index is 2.32. The molecule has 0 aliphatic carbocycles. The van der Waals surface area contributed by atoms with E-state index in [1.165, 1.54) is 39.0 Å². The molecule has 0 heteroatoms. The van der Waals surface area contributed by atoms with Crippen LogP contribution in [0.2, 0.25) is 0 Å². The molecule has 0 aliphatic rings. The van der Waals surface area contributed by atoms with Crippen LogP contribution in [0.5, 0.6) is 0 Å². The van der Waals surface area contributed by atoms with Gasteiger partial charge in [0.1, 0.15) is 0 Å². The molecule has 182 valence electrons. The maximum Gasteiger partial charge on any atom is 0.0139 e. The lowest BCUT2D eigenvalue weighted by Gasteiger charge is -2.30. The van der Waals surface area contributed by atoms with Crippen LogP contribution in [0.4, 0.5) is 0 Å². The van der Waals surface area contributed by atoms with Gasteiger partial charge in [-0.05, 0) is 51.8 Å². The van der Waals surface area contributed by atoms with Gasteiger partial charge in [-0.15, -0.1) is 0 Å². The number of rotatable bonds is 9. The average Bonchev–Trinajstić information content (AvgIpc) is 2.99. The zero-order chi connectivity index (χ0) is 25.3. The lowest BCUT2D eigenvalue weighted by atomic mass is 9.73. The molecule has 2 unspecified atom stereocenters. The highest BCUT2D eigenvalue weighted by Crippen LogP contribution is 2.46. The van der Waals surface area contributed by atoms with Crippen molar-refractivity contribution in [1.29, 1.82) is 0 Å². The van der Waals surface area contributed by atoms with Crippen molar-refractivity contribution in [1.82, 2.24) is 0 Å². The van der Waals surface area contributed by atoms with Crippen molar-refractivity contribution in [2.45, 2.75) is 31.6 Å². The van der Waals surface area contributed by atoms with E-state index in [0.29, 0.717) is 0 Å². The number of hydrogen-bond acceptors (Lipinski definition) is 0. The topological polar surface area (TPSA) is 0 Å². The standard InChI is InChI=1S/C37H34/c1-2-34(30-20-10-4-11-21-30)36(32-24-14-6-15-25-32)37(33-26-16-7-17-27-33)35(31-22-12-5-13-23-31)28-29-18-8-3-9-19-29/h3-27,34-35H,2,28H2,1H3. The van der Waals surface area contributed by atoms with Crippen molar-refractivity contribution < 1.29 is 0 Å². The average molecular weight is 479 g/mol. The van der Waals surface area contributed by atoms with E-state index in [0.717, 1.165) is 12.8 Å². The lowest BCUT2D eigenvalue weighted by molar-refractivity contribution is 0.805. The third-order valence-corrected chi connectivity index (χ3v) is 7.25. The molecule has 0 saturated carbocycles. The van der Waals surface area contributed by atoms with Gasteiger partial charge in [-0.1, -0.05) is 159 Å². The van der Waals surface area contributed by atoms with E-state index < -0.39 is 0 Å². The Morgan fingerprint density at radius 2 is 0.784 bits per heavy atom. The van der Waals surface area contributed by atoms with E-state index in [-0.39, 0.29) is 11.8 Å². The summed E-state index contributed by atoms with van der Waals surface area (Å²) in [5, 5.41) is 0. The summed E-state index contributed by atoms with van der Waals surface area (Å²) in [5.41, 5.74) is 9.49. The van der Waals surface area contributed by atoms with Gasteiger partial charge >= 0.3 is 0 Å². The van der Waals surface area contributed by atoms with Crippen LogP contribution in [0.3, 0.4) is 0 Å². The predicted octanol–water partition coefficient (Wildman–Crippen LogP) is 9.82. The van der Waals surface area contributed by atoms with Crippen molar-refractivity contribution in [2.24, 2.45) is 0 Å². The fraction of sp³-hybridized carbons (Fsp3) is 0.135. The third kappa shape index (κ3) is 5.81. The minimum Gasteiger partial charge on any atom is -0.0645 e. The van der Waals surface area contributed by atoms with Crippen LogP contribution in [0.1, 0.15) is 53.0 Å². The van der Waals surface area contributed by atoms with Crippen molar-refractivity contribution >= 4 is 11.1 Å². The molecule has 0 aliphatic heterocycles. The van der Waals surface area contributed by atoms with Gasteiger partial charge in [0.15, 0.2) is 0 Å². The summed E-state index contributed by atoms with van der Waals surface area (Å²) in [6.07, 6.45) is 1.97. The molecule has 2 atom stereocenters. The summed E-state index contributed by atoms with van der Waals surface area (Å²) < 4.78 is 0. The first kappa shape index (κ1) is 24.5. The van der Waals surface area contributed by atoms with Gasteiger partial charge in [0.05, 0.1) is 0 Å². The van der Waals surface area contributed by atoms with Gasteiger partial charge in [0.2, 0.25) is 0 Å². The highest BCUT2D eigenvalue weighted by Gasteiger charge is 2.28. The number of allylic oxidation sites excluding steroid dienone is 2. The summed E-state index contributed by atoms with van der Waals surface area (Å²) in [6, 6.07) is 55.1. The van der Waals surface area contributed by atoms with Crippen LogP contribution in [-0.2, 0) is 6.42 Å². The van der Waals surface area contributed by atoms with Gasteiger partial charge in [0.25, 0.3) is 0 Å². The zero-order valence-corrected chi connectivity index (χ0v) is 21.5. The molecule has 0 fully saturated rings.